The molecular formula is C18H17N3O4S. The fourth-order valence-electron chi connectivity index (χ4n) is 2.00. The van der Waals surface area contributed by atoms with E-state index in [2.05, 4.69) is 10.3 Å². The van der Waals surface area contributed by atoms with E-state index in [1.165, 1.54) is 16.2 Å². The zero-order valence-electron chi connectivity index (χ0n) is 14.3. The first-order valence-corrected chi connectivity index (χ1v) is 8.64. The van der Waals surface area contributed by atoms with Crippen LogP contribution in [-0.4, -0.2) is 42.4 Å². The molecule has 1 N–H and O–H groups in total. The van der Waals surface area contributed by atoms with Crippen molar-refractivity contribution in [2.45, 2.75) is 0 Å². The summed E-state index contributed by atoms with van der Waals surface area (Å²) in [5.41, 5.74) is 0.923. The summed E-state index contributed by atoms with van der Waals surface area (Å²) in [6.45, 7) is -0.0346. The predicted molar refractivity (Wildman–Crippen MR) is 98.4 cm³/mol. The van der Waals surface area contributed by atoms with Crippen molar-refractivity contribution in [3.8, 4) is 16.5 Å². The van der Waals surface area contributed by atoms with E-state index >= 15 is 0 Å². The Bertz CT molecular complexity index is 886. The summed E-state index contributed by atoms with van der Waals surface area (Å²) in [6.07, 6.45) is 1.56. The van der Waals surface area contributed by atoms with E-state index in [9.17, 15) is 9.59 Å². The Kier molecular flexibility index (Phi) is 5.33. The molecular weight excluding hydrogens is 354 g/mol. The van der Waals surface area contributed by atoms with E-state index in [1.54, 1.807) is 62.1 Å². The summed E-state index contributed by atoms with van der Waals surface area (Å²) in [6, 6.07) is 10.3. The highest BCUT2D eigenvalue weighted by molar-refractivity contribution is 7.13. The van der Waals surface area contributed by atoms with E-state index in [0.29, 0.717) is 27.9 Å². The van der Waals surface area contributed by atoms with Crippen LogP contribution in [0, 0.1) is 0 Å². The second kappa shape index (κ2) is 7.83. The van der Waals surface area contributed by atoms with Gasteiger partial charge in [0.2, 0.25) is 0 Å². The number of nitrogens with one attached hydrogen (secondary N) is 1. The summed E-state index contributed by atoms with van der Waals surface area (Å²) in [4.78, 5) is 29.5. The number of ether oxygens (including phenoxy) is 1. The Morgan fingerprint density at radius 3 is 2.65 bits per heavy atom. The van der Waals surface area contributed by atoms with Crippen molar-refractivity contribution in [2.75, 3.05) is 26.0 Å². The van der Waals surface area contributed by atoms with Crippen LogP contribution in [0.25, 0.3) is 10.8 Å². The number of furan rings is 1. The number of likely N-dealkylation sites (N-methyl/N-ethyl adjacent to an activating group) is 1. The highest BCUT2D eigenvalue weighted by Gasteiger charge is 2.13. The van der Waals surface area contributed by atoms with E-state index in [0.717, 1.165) is 0 Å². The second-order valence-corrected chi connectivity index (χ2v) is 6.43. The number of benzene rings is 1. The minimum atomic E-state index is -0.310. The van der Waals surface area contributed by atoms with E-state index in [1.807, 2.05) is 0 Å². The number of hydrogen-bond donors (Lipinski definition) is 1. The van der Waals surface area contributed by atoms with Gasteiger partial charge in [0.1, 0.15) is 11.4 Å². The van der Waals surface area contributed by atoms with Crippen LogP contribution in [0.15, 0.2) is 52.5 Å². The van der Waals surface area contributed by atoms with Gasteiger partial charge in [0.05, 0.1) is 6.26 Å². The normalized spacial score (nSPS) is 10.4. The van der Waals surface area contributed by atoms with Crippen molar-refractivity contribution in [3.63, 3.8) is 0 Å². The van der Waals surface area contributed by atoms with Crippen LogP contribution in [0.4, 0.5) is 5.69 Å². The molecule has 2 heterocycles. The summed E-state index contributed by atoms with van der Waals surface area (Å²) in [5, 5.41) is 5.10. The average Bonchev–Trinajstić information content (AvgIpc) is 3.31. The molecule has 8 heteroatoms. The standard InChI is InChI=1S/C18H17N3O4S/c1-21(2)16(22)10-25-13-7-5-12(6-8-13)19-17(23)14-11-26-18(20-14)15-4-3-9-24-15/h3-9,11H,10H2,1-2H3,(H,19,23). The van der Waals surface area contributed by atoms with Crippen molar-refractivity contribution in [1.82, 2.24) is 9.88 Å². The zero-order chi connectivity index (χ0) is 18.5. The highest BCUT2D eigenvalue weighted by Crippen LogP contribution is 2.24. The van der Waals surface area contributed by atoms with Gasteiger partial charge >= 0.3 is 0 Å². The number of rotatable bonds is 6. The lowest BCUT2D eigenvalue weighted by Crippen LogP contribution is -2.27. The van der Waals surface area contributed by atoms with Gasteiger partial charge in [0, 0.05) is 25.2 Å². The first kappa shape index (κ1) is 17.7. The maximum Gasteiger partial charge on any atom is 0.275 e. The van der Waals surface area contributed by atoms with Crippen molar-refractivity contribution >= 4 is 28.8 Å². The maximum absolute atomic E-state index is 12.3. The van der Waals surface area contributed by atoms with Gasteiger partial charge in [-0.25, -0.2) is 4.98 Å². The molecule has 7 nitrogen and oxygen atoms in total. The smallest absolute Gasteiger partial charge is 0.275 e. The SMILES string of the molecule is CN(C)C(=O)COc1ccc(NC(=O)c2csc(-c3ccco3)n2)cc1. The molecule has 1 aromatic carbocycles. The molecule has 0 saturated carbocycles. The summed E-state index contributed by atoms with van der Waals surface area (Å²) in [5.74, 6) is 0.739. The molecule has 3 rings (SSSR count). The molecule has 0 atom stereocenters. The third-order valence-electron chi connectivity index (χ3n) is 3.44. The van der Waals surface area contributed by atoms with E-state index in [4.69, 9.17) is 9.15 Å². The molecule has 134 valence electrons. The molecule has 0 aliphatic carbocycles. The zero-order valence-corrected chi connectivity index (χ0v) is 15.1. The van der Waals surface area contributed by atoms with Gasteiger partial charge in [-0.15, -0.1) is 11.3 Å². The predicted octanol–water partition coefficient (Wildman–Crippen LogP) is 3.12. The molecule has 2 aromatic heterocycles. The van der Waals surface area contributed by atoms with Crippen LogP contribution in [0.1, 0.15) is 10.5 Å². The van der Waals surface area contributed by atoms with Crippen molar-refractivity contribution < 1.29 is 18.7 Å². The first-order valence-electron chi connectivity index (χ1n) is 7.76. The van der Waals surface area contributed by atoms with Gasteiger partial charge in [-0.05, 0) is 36.4 Å². The Balaban J connectivity index is 1.58. The lowest BCUT2D eigenvalue weighted by Gasteiger charge is -2.11. The van der Waals surface area contributed by atoms with Gasteiger partial charge in [-0.2, -0.15) is 0 Å². The number of carbonyl (C=O) groups excluding carboxylic acids is 2. The lowest BCUT2D eigenvalue weighted by atomic mass is 10.3. The third kappa shape index (κ3) is 4.28. The molecule has 0 radical (unpaired) electrons. The lowest BCUT2D eigenvalue weighted by molar-refractivity contribution is -0.130. The summed E-state index contributed by atoms with van der Waals surface area (Å²) < 4.78 is 10.7. The number of amides is 2. The van der Waals surface area contributed by atoms with Gasteiger partial charge in [0.15, 0.2) is 17.4 Å². The van der Waals surface area contributed by atoms with Crippen LogP contribution in [-0.2, 0) is 4.79 Å². The highest BCUT2D eigenvalue weighted by atomic mass is 32.1. The molecule has 0 unspecified atom stereocenters. The van der Waals surface area contributed by atoms with E-state index in [-0.39, 0.29) is 18.4 Å². The largest absolute Gasteiger partial charge is 0.484 e. The number of thiazole rings is 1. The van der Waals surface area contributed by atoms with Crippen molar-refractivity contribution in [1.29, 1.82) is 0 Å². The number of carbonyl (C=O) groups is 2. The van der Waals surface area contributed by atoms with Crippen molar-refractivity contribution in [3.05, 3.63) is 53.7 Å². The molecule has 2 amide bonds. The Labute approximate surface area is 154 Å². The third-order valence-corrected chi connectivity index (χ3v) is 4.30. The van der Waals surface area contributed by atoms with E-state index < -0.39 is 0 Å². The molecule has 0 fully saturated rings. The van der Waals surface area contributed by atoms with Gasteiger partial charge in [-0.1, -0.05) is 0 Å². The van der Waals surface area contributed by atoms with Gasteiger partial charge < -0.3 is 19.4 Å². The monoisotopic (exact) mass is 371 g/mol. The maximum atomic E-state index is 12.3. The van der Waals surface area contributed by atoms with Crippen LogP contribution in [0.3, 0.4) is 0 Å². The number of nitrogens with zero attached hydrogens (tertiary/aromatic N) is 2. The molecule has 3 aromatic rings. The Morgan fingerprint density at radius 2 is 2.00 bits per heavy atom. The average molecular weight is 371 g/mol. The summed E-state index contributed by atoms with van der Waals surface area (Å²) >= 11 is 1.34. The fraction of sp³-hybridized carbons (Fsp3) is 0.167. The van der Waals surface area contributed by atoms with Crippen LogP contribution in [0.2, 0.25) is 0 Å². The molecule has 0 spiro atoms. The molecule has 0 aliphatic heterocycles. The van der Waals surface area contributed by atoms with Gasteiger partial charge in [0.25, 0.3) is 11.8 Å². The topological polar surface area (TPSA) is 84.7 Å². The minimum absolute atomic E-state index is 0.0346. The first-order chi connectivity index (χ1) is 12.5. The number of anilines is 1. The molecule has 0 aliphatic rings. The second-order valence-electron chi connectivity index (χ2n) is 5.57. The van der Waals surface area contributed by atoms with Crippen LogP contribution >= 0.6 is 11.3 Å². The molecule has 0 saturated heterocycles. The van der Waals surface area contributed by atoms with Crippen LogP contribution < -0.4 is 10.1 Å². The number of hydrogen-bond acceptors (Lipinski definition) is 6. The number of aromatic nitrogens is 1. The minimum Gasteiger partial charge on any atom is -0.484 e. The molecule has 0 bridgehead atoms. The van der Waals surface area contributed by atoms with Crippen molar-refractivity contribution in [2.24, 2.45) is 0 Å². The Morgan fingerprint density at radius 1 is 1.23 bits per heavy atom. The Hall–Kier alpha value is -3.13. The van der Waals surface area contributed by atoms with Crippen LogP contribution in [0.5, 0.6) is 5.75 Å². The van der Waals surface area contributed by atoms with Gasteiger partial charge in [-0.3, -0.25) is 9.59 Å². The molecule has 26 heavy (non-hydrogen) atoms. The summed E-state index contributed by atoms with van der Waals surface area (Å²) in [7, 11) is 3.33. The fourth-order valence-corrected chi connectivity index (χ4v) is 2.76. The quantitative estimate of drug-likeness (QED) is 0.720.